The van der Waals surface area contributed by atoms with Gasteiger partial charge in [-0.1, -0.05) is 0 Å². The molecule has 5 aromatic rings. The highest BCUT2D eigenvalue weighted by Gasteiger charge is 2.38. The number of anilines is 1. The molecule has 9 nitrogen and oxygen atoms in total. The molecule has 0 bridgehead atoms. The quantitative estimate of drug-likeness (QED) is 0.250. The van der Waals surface area contributed by atoms with Crippen molar-refractivity contribution in [2.45, 2.75) is 6.18 Å². The molecule has 0 atom stereocenters. The minimum atomic E-state index is -4.80. The lowest BCUT2D eigenvalue weighted by atomic mass is 10.0. The first-order chi connectivity index (χ1) is 18.1. The molecule has 0 unspecified atom stereocenters. The predicted molar refractivity (Wildman–Crippen MR) is 128 cm³/mol. The number of carbonyl (C=O) groups excluding carboxylic acids is 1. The molecule has 0 spiro atoms. The van der Waals surface area contributed by atoms with Crippen molar-refractivity contribution in [3.05, 3.63) is 70.7 Å². The van der Waals surface area contributed by atoms with Gasteiger partial charge >= 0.3 is 11.9 Å². The van der Waals surface area contributed by atoms with Crippen molar-refractivity contribution in [3.63, 3.8) is 0 Å². The van der Waals surface area contributed by atoms with Crippen LogP contribution in [-0.4, -0.2) is 30.3 Å². The van der Waals surface area contributed by atoms with Gasteiger partial charge in [0.1, 0.15) is 21.2 Å². The number of fused-ring (bicyclic) bond motifs is 1. The van der Waals surface area contributed by atoms with Gasteiger partial charge in [0.25, 0.3) is 5.78 Å². The van der Waals surface area contributed by atoms with Crippen LogP contribution in [0.4, 0.5) is 18.9 Å². The van der Waals surface area contributed by atoms with Gasteiger partial charge in [0, 0.05) is 23.1 Å². The highest BCUT2D eigenvalue weighted by Crippen LogP contribution is 2.44. The van der Waals surface area contributed by atoms with Gasteiger partial charge in [-0.25, -0.2) is 4.98 Å². The van der Waals surface area contributed by atoms with Crippen LogP contribution in [0.3, 0.4) is 0 Å². The van der Waals surface area contributed by atoms with Crippen molar-refractivity contribution in [1.82, 2.24) is 10.3 Å². The zero-order valence-corrected chi connectivity index (χ0v) is 20.5. The number of nitrogen functional groups attached to an aromatic ring is 1. The number of nitrogens with two attached hydrogens (primary N) is 1. The second-order valence-electron chi connectivity index (χ2n) is 7.95. The lowest BCUT2D eigenvalue weighted by Crippen LogP contribution is -2.39. The van der Waals surface area contributed by atoms with Crippen LogP contribution in [0.1, 0.15) is 20.9 Å². The molecule has 0 aliphatic heterocycles. The smallest absolute Gasteiger partial charge is 0.417 e. The molecule has 3 heterocycles. The van der Waals surface area contributed by atoms with E-state index in [2.05, 4.69) is 10.3 Å². The Hall–Kier alpha value is -4.65. The minimum Gasteiger partial charge on any atom is -0.539 e. The Labute approximate surface area is 216 Å². The van der Waals surface area contributed by atoms with Gasteiger partial charge in [-0.3, -0.25) is 4.79 Å². The fourth-order valence-corrected chi connectivity index (χ4v) is 4.93. The monoisotopic (exact) mass is 542 g/mol. The third-order valence-corrected chi connectivity index (χ3v) is 6.84. The molecule has 0 fully saturated rings. The third-order valence-electron chi connectivity index (χ3n) is 5.74. The lowest BCUT2D eigenvalue weighted by Gasteiger charge is -2.11. The summed E-state index contributed by atoms with van der Waals surface area (Å²) < 4.78 is 58.3. The molecule has 2 N–H and O–H groups in total. The summed E-state index contributed by atoms with van der Waals surface area (Å²) in [5, 5.41) is 15.7. The molecule has 0 saturated heterocycles. The van der Waals surface area contributed by atoms with Crippen LogP contribution < -0.4 is 25.0 Å². The van der Waals surface area contributed by atoms with Gasteiger partial charge < -0.3 is 24.8 Å². The Morgan fingerprint density at radius 2 is 1.66 bits per heavy atom. The van der Waals surface area contributed by atoms with Crippen molar-refractivity contribution in [3.8, 4) is 34.4 Å². The summed E-state index contributed by atoms with van der Waals surface area (Å²) in [6, 6.07) is 13.4. The second-order valence-corrected chi connectivity index (χ2v) is 8.95. The summed E-state index contributed by atoms with van der Waals surface area (Å²) in [7, 11) is 2.94. The SMILES string of the molecule is COc1ccc(-c2cc(C(F)(F)F)c3c(N)c(C(=O)c4c([O-])on[n+]4-c4ccc(OC)cc4)sc3n2)cc1. The van der Waals surface area contributed by atoms with Gasteiger partial charge in [-0.05, 0) is 47.1 Å². The first-order valence-electron chi connectivity index (χ1n) is 10.8. The van der Waals surface area contributed by atoms with E-state index in [1.807, 2.05) is 0 Å². The second kappa shape index (κ2) is 9.34. The Balaban J connectivity index is 1.66. The molecule has 194 valence electrons. The summed E-state index contributed by atoms with van der Waals surface area (Å²) in [6.07, 6.45) is -4.80. The number of methoxy groups -OCH3 is 2. The van der Waals surface area contributed by atoms with Crippen molar-refractivity contribution in [1.29, 1.82) is 0 Å². The number of aromatic nitrogens is 3. The number of rotatable bonds is 6. The zero-order valence-electron chi connectivity index (χ0n) is 19.7. The Morgan fingerprint density at radius 1 is 1.05 bits per heavy atom. The fourth-order valence-electron chi connectivity index (χ4n) is 3.87. The molecule has 0 aliphatic carbocycles. The maximum absolute atomic E-state index is 14.1. The number of hydrogen-bond acceptors (Lipinski definition) is 9. The average molecular weight is 542 g/mol. The van der Waals surface area contributed by atoms with Crippen LogP contribution in [0.25, 0.3) is 27.2 Å². The number of benzene rings is 2. The van der Waals surface area contributed by atoms with Gasteiger partial charge in [0.05, 0.1) is 36.4 Å². The summed E-state index contributed by atoms with van der Waals surface area (Å²) in [5.74, 6) is -0.996. The van der Waals surface area contributed by atoms with Crippen molar-refractivity contribution < 1.29 is 41.8 Å². The highest BCUT2D eigenvalue weighted by molar-refractivity contribution is 7.21. The molecule has 2 aromatic carbocycles. The molecule has 13 heteroatoms. The van der Waals surface area contributed by atoms with Crippen LogP contribution >= 0.6 is 11.3 Å². The number of halogens is 3. The summed E-state index contributed by atoms with van der Waals surface area (Å²) >= 11 is 0.644. The lowest BCUT2D eigenvalue weighted by molar-refractivity contribution is -0.672. The summed E-state index contributed by atoms with van der Waals surface area (Å²) in [4.78, 5) is 17.4. The maximum atomic E-state index is 14.1. The number of carbonyl (C=O) groups is 1. The molecule has 0 aliphatic rings. The van der Waals surface area contributed by atoms with E-state index in [1.165, 1.54) is 26.4 Å². The van der Waals surface area contributed by atoms with E-state index in [1.54, 1.807) is 36.4 Å². The van der Waals surface area contributed by atoms with E-state index in [-0.39, 0.29) is 21.1 Å². The summed E-state index contributed by atoms with van der Waals surface area (Å²) in [6.45, 7) is 0. The molecule has 0 radical (unpaired) electrons. The normalized spacial score (nSPS) is 11.6. The van der Waals surface area contributed by atoms with Gasteiger partial charge in [0.2, 0.25) is 5.69 Å². The van der Waals surface area contributed by atoms with Crippen molar-refractivity contribution >= 4 is 33.0 Å². The topological polar surface area (TPSA) is 127 Å². The molecule has 38 heavy (non-hydrogen) atoms. The van der Waals surface area contributed by atoms with Gasteiger partial charge in [0.15, 0.2) is 5.95 Å². The van der Waals surface area contributed by atoms with E-state index >= 15 is 0 Å². The highest BCUT2D eigenvalue weighted by atomic mass is 32.1. The number of ketones is 1. The van der Waals surface area contributed by atoms with Gasteiger partial charge in [-0.2, -0.15) is 13.2 Å². The zero-order chi connectivity index (χ0) is 27.2. The Bertz CT molecular complexity index is 1660. The van der Waals surface area contributed by atoms with Crippen LogP contribution in [0, 0.1) is 0 Å². The molecule has 0 saturated carbocycles. The molecule has 3 aromatic heterocycles. The van der Waals surface area contributed by atoms with E-state index < -0.39 is 40.2 Å². The van der Waals surface area contributed by atoms with E-state index in [9.17, 15) is 23.1 Å². The van der Waals surface area contributed by atoms with Crippen LogP contribution in [0.2, 0.25) is 0 Å². The summed E-state index contributed by atoms with van der Waals surface area (Å²) in [5.41, 5.74) is 4.78. The van der Waals surface area contributed by atoms with Crippen molar-refractivity contribution in [2.75, 3.05) is 20.0 Å². The van der Waals surface area contributed by atoms with Crippen molar-refractivity contribution in [2.24, 2.45) is 0 Å². The fraction of sp³-hybridized carbons (Fsp3) is 0.120. The number of pyridine rings is 1. The predicted octanol–water partition coefficient (Wildman–Crippen LogP) is 4.15. The minimum absolute atomic E-state index is 0.0236. The molecule has 5 rings (SSSR count). The first-order valence-corrected chi connectivity index (χ1v) is 11.7. The van der Waals surface area contributed by atoms with Crippen LogP contribution in [0.15, 0.2) is 59.1 Å². The first kappa shape index (κ1) is 25.0. The largest absolute Gasteiger partial charge is 0.539 e. The number of thiophene rings is 1. The number of hydrogen-bond donors (Lipinski definition) is 1. The molecule has 0 amide bonds. The Kier molecular flexibility index (Phi) is 6.15. The van der Waals surface area contributed by atoms with Gasteiger partial charge in [-0.15, -0.1) is 11.3 Å². The Morgan fingerprint density at radius 3 is 2.24 bits per heavy atom. The third kappa shape index (κ3) is 4.26. The number of alkyl halides is 3. The van der Waals surface area contributed by atoms with Crippen LogP contribution in [0.5, 0.6) is 17.4 Å². The standard InChI is InChI=1S/C25H17F3N4O5S/c1-35-14-7-3-12(4-8-14)17-11-16(25(26,27)28)18-19(29)22(38-23(18)30-17)21(33)20-24(34)37-31-32(20)13-5-9-15(36-2)10-6-13/h3-11H,1-2H3,(H2-,29,31,33,34). The van der Waals surface area contributed by atoms with E-state index in [4.69, 9.17) is 19.7 Å². The number of ether oxygens (including phenoxy) is 2. The van der Waals surface area contributed by atoms with E-state index in [0.717, 1.165) is 10.7 Å². The van der Waals surface area contributed by atoms with E-state index in [0.29, 0.717) is 28.4 Å². The average Bonchev–Trinajstić information content (AvgIpc) is 3.47. The maximum Gasteiger partial charge on any atom is 0.417 e. The molecular formula is C25H17F3N4O5S. The van der Waals surface area contributed by atoms with Crippen LogP contribution in [-0.2, 0) is 6.18 Å². The molecular weight excluding hydrogens is 525 g/mol. The number of nitrogens with zero attached hydrogens (tertiary/aromatic N) is 3.